The van der Waals surface area contributed by atoms with Crippen LogP contribution in [-0.4, -0.2) is 55.8 Å². The Bertz CT molecular complexity index is 266. The zero-order chi connectivity index (χ0) is 16.2. The highest BCUT2D eigenvalue weighted by Crippen LogP contribution is 2.25. The average Bonchev–Trinajstić information content (AvgIpc) is 2.26. The van der Waals surface area contributed by atoms with Crippen LogP contribution in [0.25, 0.3) is 0 Å². The minimum absolute atomic E-state index is 0. The van der Waals surface area contributed by atoms with E-state index in [1.54, 1.807) is 21.3 Å². The van der Waals surface area contributed by atoms with Crippen molar-refractivity contribution in [3.05, 3.63) is 0 Å². The van der Waals surface area contributed by atoms with Crippen LogP contribution in [0.15, 0.2) is 0 Å². The first-order chi connectivity index (χ1) is 8.80. The maximum Gasteiger partial charge on any atom is 0.470 e. The van der Waals surface area contributed by atoms with Crippen LogP contribution in [0.5, 0.6) is 0 Å². The van der Waals surface area contributed by atoms with E-state index in [4.69, 9.17) is 25.6 Å². The fraction of sp³-hybridized carbons (Fsp3) is 1.00. The third kappa shape index (κ3) is 10.4. The Morgan fingerprint density at radius 3 is 0.773 bits per heavy atom. The first kappa shape index (κ1) is 27.5. The maximum absolute atomic E-state index is 6.17. The predicted molar refractivity (Wildman–Crippen MR) is 102 cm³/mol. The van der Waals surface area contributed by atoms with E-state index in [0.717, 1.165) is 0 Å². The Kier molecular flexibility index (Phi) is 12.3. The highest BCUT2D eigenvalue weighted by molar-refractivity contribution is 6.86. The molecular weight excluding hydrogens is 352 g/mol. The fourth-order valence-corrected chi connectivity index (χ4v) is 14.9. The summed E-state index contributed by atoms with van der Waals surface area (Å²) in [6, 6.07) is 0. The van der Waals surface area contributed by atoms with E-state index in [1.807, 2.05) is 45.8 Å². The second-order valence-corrected chi connectivity index (χ2v) is 19.8. The van der Waals surface area contributed by atoms with E-state index in [2.05, 4.69) is 0 Å². The van der Waals surface area contributed by atoms with E-state index < -0.39 is 34.5 Å². The predicted octanol–water partition coefficient (Wildman–Crippen LogP) is 3.92. The summed E-state index contributed by atoms with van der Waals surface area (Å²) in [6.45, 7) is 13.7. The molecule has 0 rings (SSSR count). The van der Waals surface area contributed by atoms with Crippen LogP contribution >= 0.6 is 0 Å². The Balaban J connectivity index is -0.00000180. The summed E-state index contributed by atoms with van der Waals surface area (Å²) in [4.78, 5) is 0. The first-order valence-corrected chi connectivity index (χ1v) is 17.2. The number of rotatable bonds is 9. The van der Waals surface area contributed by atoms with Crippen molar-refractivity contribution < 1.29 is 25.6 Å². The van der Waals surface area contributed by atoms with Crippen molar-refractivity contribution in [2.75, 3.05) is 21.3 Å². The molecule has 6 nitrogen and oxygen atoms in total. The van der Waals surface area contributed by atoms with Gasteiger partial charge in [0.15, 0.2) is 0 Å². The quantitative estimate of drug-likeness (QED) is 0.556. The lowest BCUT2D eigenvalue weighted by Gasteiger charge is -2.40. The van der Waals surface area contributed by atoms with Crippen LogP contribution in [0.2, 0.25) is 45.8 Å². The standard InChI is InChI=1S/C10H30O6Si4.2CH4/c1-11-17(4,5)14-20(10,15-18(6,7)12-2)16-19(8,9)13-3;;/h1-10H3;2*1H4. The molecule has 0 heterocycles. The Morgan fingerprint density at radius 2 is 0.636 bits per heavy atom. The van der Waals surface area contributed by atoms with Crippen LogP contribution in [-0.2, 0) is 25.6 Å². The minimum atomic E-state index is -2.91. The van der Waals surface area contributed by atoms with Crippen molar-refractivity contribution in [2.24, 2.45) is 0 Å². The molecular formula is C12H38O6Si4. The lowest BCUT2D eigenvalue weighted by molar-refractivity contribution is 0.168. The van der Waals surface area contributed by atoms with Crippen LogP contribution in [0.3, 0.4) is 0 Å². The molecule has 0 aliphatic carbocycles. The number of hydrogen-bond acceptors (Lipinski definition) is 6. The molecule has 0 unspecified atom stereocenters. The molecule has 0 bridgehead atoms. The molecule has 22 heavy (non-hydrogen) atoms. The second-order valence-electron chi connectivity index (χ2n) is 5.98. The summed E-state index contributed by atoms with van der Waals surface area (Å²) in [5, 5.41) is 0. The van der Waals surface area contributed by atoms with Gasteiger partial charge in [-0.2, -0.15) is 0 Å². The minimum Gasteiger partial charge on any atom is -0.398 e. The van der Waals surface area contributed by atoms with Crippen molar-refractivity contribution in [3.8, 4) is 0 Å². The molecule has 0 aromatic rings. The van der Waals surface area contributed by atoms with Crippen LogP contribution in [0.1, 0.15) is 14.9 Å². The molecule has 10 heteroatoms. The number of hydrogen-bond donors (Lipinski definition) is 0. The largest absolute Gasteiger partial charge is 0.470 e. The smallest absolute Gasteiger partial charge is 0.398 e. The lowest BCUT2D eigenvalue weighted by Crippen LogP contribution is -2.61. The van der Waals surface area contributed by atoms with Gasteiger partial charge in [0.25, 0.3) is 0 Å². The second kappa shape index (κ2) is 9.81. The first-order valence-electron chi connectivity index (χ1n) is 6.56. The van der Waals surface area contributed by atoms with E-state index in [-0.39, 0.29) is 14.9 Å². The highest BCUT2D eigenvalue weighted by Gasteiger charge is 2.50. The zero-order valence-corrected chi connectivity index (χ0v) is 18.4. The summed E-state index contributed by atoms with van der Waals surface area (Å²) in [5.41, 5.74) is 0. The van der Waals surface area contributed by atoms with Crippen molar-refractivity contribution in [3.63, 3.8) is 0 Å². The van der Waals surface area contributed by atoms with E-state index >= 15 is 0 Å². The molecule has 0 radical (unpaired) electrons. The molecule has 0 aromatic carbocycles. The van der Waals surface area contributed by atoms with Gasteiger partial charge in [0.1, 0.15) is 0 Å². The SMILES string of the molecule is C.C.CO[Si](C)(C)O[Si](C)(O[Si](C)(C)OC)O[Si](C)(C)OC. The monoisotopic (exact) mass is 390 g/mol. The molecule has 0 aliphatic heterocycles. The summed E-state index contributed by atoms with van der Waals surface area (Å²) in [7, 11) is -4.83. The van der Waals surface area contributed by atoms with Gasteiger partial charge in [-0.25, -0.2) is 0 Å². The fourth-order valence-electron chi connectivity index (χ4n) is 1.53. The molecule has 0 aliphatic rings. The van der Waals surface area contributed by atoms with Crippen molar-refractivity contribution >= 4 is 34.5 Å². The topological polar surface area (TPSA) is 55.4 Å². The van der Waals surface area contributed by atoms with Crippen LogP contribution in [0, 0.1) is 0 Å². The molecule has 0 spiro atoms. The van der Waals surface area contributed by atoms with Crippen LogP contribution < -0.4 is 0 Å². The molecule has 0 atom stereocenters. The van der Waals surface area contributed by atoms with Gasteiger partial charge in [-0.3, -0.25) is 0 Å². The van der Waals surface area contributed by atoms with E-state index in [9.17, 15) is 0 Å². The van der Waals surface area contributed by atoms with Gasteiger partial charge < -0.3 is 25.6 Å². The molecule has 0 aromatic heterocycles. The summed E-state index contributed by atoms with van der Waals surface area (Å²) in [5.74, 6) is 0. The van der Waals surface area contributed by atoms with Crippen LogP contribution in [0.4, 0.5) is 0 Å². The third-order valence-corrected chi connectivity index (χ3v) is 16.1. The lowest BCUT2D eigenvalue weighted by atomic mass is 11.8. The molecule has 138 valence electrons. The Morgan fingerprint density at radius 1 is 0.455 bits per heavy atom. The van der Waals surface area contributed by atoms with Crippen molar-refractivity contribution in [1.82, 2.24) is 0 Å². The van der Waals surface area contributed by atoms with Gasteiger partial charge in [0.05, 0.1) is 0 Å². The van der Waals surface area contributed by atoms with Gasteiger partial charge in [-0.15, -0.1) is 0 Å². The van der Waals surface area contributed by atoms with Gasteiger partial charge in [0.2, 0.25) is 0 Å². The highest BCUT2D eigenvalue weighted by atomic mass is 28.5. The van der Waals surface area contributed by atoms with Gasteiger partial charge in [-0.05, 0) is 39.3 Å². The van der Waals surface area contributed by atoms with E-state index in [0.29, 0.717) is 0 Å². The Hall–Kier alpha value is 0.628. The van der Waals surface area contributed by atoms with Crippen molar-refractivity contribution in [1.29, 1.82) is 0 Å². The molecule has 0 fully saturated rings. The van der Waals surface area contributed by atoms with E-state index in [1.165, 1.54) is 0 Å². The Labute approximate surface area is 142 Å². The molecule has 0 saturated carbocycles. The third-order valence-electron chi connectivity index (χ3n) is 2.77. The summed E-state index contributed by atoms with van der Waals surface area (Å²) >= 11 is 0. The van der Waals surface area contributed by atoms with Gasteiger partial charge in [0, 0.05) is 27.9 Å². The molecule has 0 saturated heterocycles. The zero-order valence-electron chi connectivity index (χ0n) is 14.4. The molecule has 0 amide bonds. The summed E-state index contributed by atoms with van der Waals surface area (Å²) < 4.78 is 34.9. The van der Waals surface area contributed by atoms with Crippen molar-refractivity contribution in [2.45, 2.75) is 60.7 Å². The average molecular weight is 391 g/mol. The summed E-state index contributed by atoms with van der Waals surface area (Å²) in [6.07, 6.45) is 0. The van der Waals surface area contributed by atoms with Gasteiger partial charge in [-0.1, -0.05) is 14.9 Å². The van der Waals surface area contributed by atoms with Gasteiger partial charge >= 0.3 is 34.5 Å². The normalized spacial score (nSPS) is 13.4. The molecule has 0 N–H and O–H groups in total. The maximum atomic E-state index is 6.17.